The van der Waals surface area contributed by atoms with Crippen LogP contribution in [0, 0.1) is 0 Å². The third kappa shape index (κ3) is 2.68. The quantitative estimate of drug-likeness (QED) is 0.848. The Hall–Kier alpha value is -2.18. The molecule has 0 atom stereocenters. The molecule has 0 radical (unpaired) electrons. The molecular weight excluding hydrogens is 290 g/mol. The number of nitrogens with zero attached hydrogens (tertiary/aromatic N) is 3. The molecule has 21 heavy (non-hydrogen) atoms. The molecule has 1 aromatic heterocycles. The van der Waals surface area contributed by atoms with Crippen LogP contribution in [0.25, 0.3) is 5.69 Å². The lowest BCUT2D eigenvalue weighted by Crippen LogP contribution is -2.36. The zero-order chi connectivity index (χ0) is 14.8. The molecule has 108 valence electrons. The molecule has 1 saturated heterocycles. The van der Waals surface area contributed by atoms with Crippen LogP contribution in [0.3, 0.4) is 0 Å². The van der Waals surface area contributed by atoms with E-state index >= 15 is 0 Å². The van der Waals surface area contributed by atoms with E-state index in [1.165, 1.54) is 17.3 Å². The van der Waals surface area contributed by atoms with Crippen molar-refractivity contribution in [3.05, 3.63) is 47.0 Å². The van der Waals surface area contributed by atoms with Crippen LogP contribution < -0.4 is 10.6 Å². The normalized spacial score (nSPS) is 13.7. The highest BCUT2D eigenvalue weighted by Crippen LogP contribution is 2.28. The van der Waals surface area contributed by atoms with E-state index in [2.05, 4.69) is 20.7 Å². The van der Waals surface area contributed by atoms with Crippen LogP contribution in [-0.2, 0) is 4.79 Å². The van der Waals surface area contributed by atoms with Gasteiger partial charge in [0.15, 0.2) is 0 Å². The zero-order valence-electron chi connectivity index (χ0n) is 11.4. The van der Waals surface area contributed by atoms with Gasteiger partial charge in [0.2, 0.25) is 0 Å². The molecule has 1 amide bonds. The Morgan fingerprint density at radius 1 is 1.43 bits per heavy atom. The van der Waals surface area contributed by atoms with Crippen molar-refractivity contribution in [2.45, 2.75) is 6.92 Å². The monoisotopic (exact) mass is 303 g/mol. The molecule has 0 spiro atoms. The van der Waals surface area contributed by atoms with E-state index in [4.69, 9.17) is 11.6 Å². The van der Waals surface area contributed by atoms with Crippen molar-refractivity contribution in [1.82, 2.24) is 20.1 Å². The molecule has 2 heterocycles. The van der Waals surface area contributed by atoms with Crippen LogP contribution in [-0.4, -0.2) is 33.8 Å². The first-order valence-electron chi connectivity index (χ1n) is 6.51. The number of rotatable bonds is 3. The average molecular weight is 304 g/mol. The van der Waals surface area contributed by atoms with Crippen molar-refractivity contribution in [3.63, 3.8) is 0 Å². The molecule has 0 saturated carbocycles. The summed E-state index contributed by atoms with van der Waals surface area (Å²) in [5.41, 5.74) is 3.06. The first-order chi connectivity index (χ1) is 10.2. The standard InChI is InChI=1S/C14H14ClN5O/c1-9(10-5-16-6-10)14(21)19-12-4-2-3-11(15)13(12)20-8-17-7-18-20/h2-4,7-8,16H,5-6H2,1H3,(H,19,21). The fraction of sp³-hybridized carbons (Fsp3) is 0.214. The first kappa shape index (κ1) is 13.8. The molecule has 2 N–H and O–H groups in total. The van der Waals surface area contributed by atoms with Crippen molar-refractivity contribution < 1.29 is 4.79 Å². The molecular formula is C14H14ClN5O. The van der Waals surface area contributed by atoms with E-state index in [0.717, 1.165) is 24.2 Å². The molecule has 6 nitrogen and oxygen atoms in total. The van der Waals surface area contributed by atoms with E-state index in [9.17, 15) is 4.79 Å². The van der Waals surface area contributed by atoms with Crippen molar-refractivity contribution in [2.75, 3.05) is 18.4 Å². The second-order valence-corrected chi connectivity index (χ2v) is 5.17. The number of amides is 1. The predicted octanol–water partition coefficient (Wildman–Crippen LogP) is 1.78. The van der Waals surface area contributed by atoms with Crippen molar-refractivity contribution >= 4 is 23.2 Å². The highest BCUT2D eigenvalue weighted by Gasteiger charge is 2.18. The average Bonchev–Trinajstić information content (AvgIpc) is 2.90. The Bertz CT molecular complexity index is 702. The van der Waals surface area contributed by atoms with Crippen LogP contribution in [0.4, 0.5) is 5.69 Å². The number of halogens is 1. The van der Waals surface area contributed by atoms with E-state index in [0.29, 0.717) is 16.4 Å². The van der Waals surface area contributed by atoms with Gasteiger partial charge in [0.25, 0.3) is 5.91 Å². The number of carbonyl (C=O) groups is 1. The van der Waals surface area contributed by atoms with Gasteiger partial charge in [-0.1, -0.05) is 17.7 Å². The summed E-state index contributed by atoms with van der Waals surface area (Å²) in [5, 5.41) is 10.6. The maximum Gasteiger partial charge on any atom is 0.251 e. The second-order valence-electron chi connectivity index (χ2n) is 4.76. The first-order valence-corrected chi connectivity index (χ1v) is 6.89. The Kier molecular flexibility index (Phi) is 3.72. The largest absolute Gasteiger partial charge is 0.320 e. The molecule has 1 fully saturated rings. The van der Waals surface area contributed by atoms with Gasteiger partial charge in [0, 0.05) is 18.7 Å². The van der Waals surface area contributed by atoms with Crippen molar-refractivity contribution in [1.29, 1.82) is 0 Å². The minimum absolute atomic E-state index is 0.130. The Morgan fingerprint density at radius 3 is 2.86 bits per heavy atom. The summed E-state index contributed by atoms with van der Waals surface area (Å²) < 4.78 is 1.53. The van der Waals surface area contributed by atoms with Crippen LogP contribution in [0.1, 0.15) is 6.92 Å². The highest BCUT2D eigenvalue weighted by molar-refractivity contribution is 6.33. The number of nitrogens with one attached hydrogen (secondary N) is 2. The lowest BCUT2D eigenvalue weighted by molar-refractivity contribution is -0.112. The molecule has 0 unspecified atom stereocenters. The third-order valence-corrected chi connectivity index (χ3v) is 3.74. The fourth-order valence-electron chi connectivity index (χ4n) is 2.06. The number of aromatic nitrogens is 3. The van der Waals surface area contributed by atoms with Crippen LogP contribution >= 0.6 is 11.6 Å². The van der Waals surface area contributed by atoms with Gasteiger partial charge in [-0.25, -0.2) is 9.67 Å². The van der Waals surface area contributed by atoms with Gasteiger partial charge >= 0.3 is 0 Å². The lowest BCUT2D eigenvalue weighted by Gasteiger charge is -2.22. The molecule has 7 heteroatoms. The maximum atomic E-state index is 12.3. The van der Waals surface area contributed by atoms with E-state index in [1.807, 2.05) is 6.92 Å². The second kappa shape index (κ2) is 5.67. The number of carbonyl (C=O) groups excluding carboxylic acids is 1. The zero-order valence-corrected chi connectivity index (χ0v) is 12.2. The Balaban J connectivity index is 1.93. The lowest BCUT2D eigenvalue weighted by atomic mass is 10.0. The van der Waals surface area contributed by atoms with Gasteiger partial charge in [-0.05, 0) is 24.6 Å². The van der Waals surface area contributed by atoms with Crippen molar-refractivity contribution in [3.8, 4) is 5.69 Å². The van der Waals surface area contributed by atoms with Crippen LogP contribution in [0.5, 0.6) is 0 Å². The summed E-state index contributed by atoms with van der Waals surface area (Å²) >= 11 is 6.22. The van der Waals surface area contributed by atoms with Gasteiger partial charge in [-0.15, -0.1) is 0 Å². The van der Waals surface area contributed by atoms with Gasteiger partial charge in [-0.2, -0.15) is 5.10 Å². The van der Waals surface area contributed by atoms with Gasteiger partial charge < -0.3 is 10.6 Å². The van der Waals surface area contributed by atoms with Gasteiger partial charge in [0.05, 0.1) is 10.7 Å². The maximum absolute atomic E-state index is 12.3. The Morgan fingerprint density at radius 2 is 2.24 bits per heavy atom. The molecule has 2 aromatic rings. The minimum Gasteiger partial charge on any atom is -0.320 e. The minimum atomic E-state index is -0.130. The number of hydrogen-bond acceptors (Lipinski definition) is 4. The van der Waals surface area contributed by atoms with Gasteiger partial charge in [-0.3, -0.25) is 4.79 Å². The molecule has 3 rings (SSSR count). The van der Waals surface area contributed by atoms with E-state index in [-0.39, 0.29) is 5.91 Å². The summed E-state index contributed by atoms with van der Waals surface area (Å²) in [6.45, 7) is 3.36. The summed E-state index contributed by atoms with van der Waals surface area (Å²) in [7, 11) is 0. The molecule has 1 aromatic carbocycles. The summed E-state index contributed by atoms with van der Waals surface area (Å²) in [5.74, 6) is -0.130. The molecule has 1 aliphatic rings. The number of hydrogen-bond donors (Lipinski definition) is 2. The molecule has 0 bridgehead atoms. The predicted molar refractivity (Wildman–Crippen MR) is 80.6 cm³/mol. The third-order valence-electron chi connectivity index (χ3n) is 3.43. The smallest absolute Gasteiger partial charge is 0.251 e. The highest BCUT2D eigenvalue weighted by atomic mass is 35.5. The van der Waals surface area contributed by atoms with Gasteiger partial charge in [0.1, 0.15) is 18.3 Å². The summed E-state index contributed by atoms with van der Waals surface area (Å²) in [6.07, 6.45) is 2.96. The summed E-state index contributed by atoms with van der Waals surface area (Å²) in [6, 6.07) is 5.32. The van der Waals surface area contributed by atoms with Crippen LogP contribution in [0.2, 0.25) is 5.02 Å². The number of anilines is 1. The SMILES string of the molecule is CC(C(=O)Nc1cccc(Cl)c1-n1cncn1)=C1CNC1. The van der Waals surface area contributed by atoms with Crippen molar-refractivity contribution in [2.24, 2.45) is 0 Å². The molecule has 0 aliphatic carbocycles. The van der Waals surface area contributed by atoms with Crippen LogP contribution in [0.15, 0.2) is 42.0 Å². The van der Waals surface area contributed by atoms with E-state index in [1.54, 1.807) is 18.2 Å². The summed E-state index contributed by atoms with van der Waals surface area (Å²) in [4.78, 5) is 16.2. The Labute approximate surface area is 126 Å². The fourth-order valence-corrected chi connectivity index (χ4v) is 2.33. The number of para-hydroxylation sites is 1. The topological polar surface area (TPSA) is 71.8 Å². The molecule has 1 aliphatic heterocycles. The van der Waals surface area contributed by atoms with E-state index < -0.39 is 0 Å². The number of benzene rings is 1.